The molecule has 1 aromatic heterocycles. The topological polar surface area (TPSA) is 99.6 Å². The molecule has 0 aliphatic carbocycles. The maximum atomic E-state index is 11.0. The van der Waals surface area contributed by atoms with Gasteiger partial charge in [-0.1, -0.05) is 0 Å². The van der Waals surface area contributed by atoms with Gasteiger partial charge in [-0.05, 0) is 23.8 Å². The predicted molar refractivity (Wildman–Crippen MR) is 70.7 cm³/mol. The third-order valence-electron chi connectivity index (χ3n) is 2.27. The van der Waals surface area contributed by atoms with Crippen molar-refractivity contribution in [3.8, 4) is 11.5 Å². The van der Waals surface area contributed by atoms with Crippen molar-refractivity contribution >= 4 is 12.0 Å². The minimum absolute atomic E-state index is 0.0591. The van der Waals surface area contributed by atoms with Crippen LogP contribution in [0.25, 0.3) is 0 Å². The molecule has 2 aromatic rings. The number of aromatic amines is 1. The van der Waals surface area contributed by atoms with Gasteiger partial charge in [-0.3, -0.25) is 10.2 Å². The highest BCUT2D eigenvalue weighted by Gasteiger charge is 2.00. The van der Waals surface area contributed by atoms with Gasteiger partial charge in [-0.25, -0.2) is 4.98 Å². The number of rotatable bonds is 4. The number of benzene rings is 1. The molecule has 0 saturated carbocycles. The average Bonchev–Trinajstić information content (AvgIpc) is 2.41. The van der Waals surface area contributed by atoms with Crippen LogP contribution in [0, 0.1) is 0 Å². The number of aromatic hydroxyl groups is 1. The van der Waals surface area contributed by atoms with Crippen LogP contribution in [-0.2, 0) is 0 Å². The minimum Gasteiger partial charge on any atom is -0.504 e. The molecule has 1 heterocycles. The molecule has 0 unspecified atom stereocenters. The van der Waals surface area contributed by atoms with E-state index in [9.17, 15) is 9.90 Å². The van der Waals surface area contributed by atoms with Crippen LogP contribution in [0.2, 0.25) is 0 Å². The standard InChI is InChI=1S/C12H12N4O3/c1-19-10-4-8(2-3-9(10)17)6-15-16-11-5-12(18)14-7-13-11/h2-7,17H,1H3,(H2,13,14,16,18). The SMILES string of the molecule is COc1cc(C=NNc2cc(=O)[nH]cn2)ccc1O. The van der Waals surface area contributed by atoms with Gasteiger partial charge >= 0.3 is 0 Å². The second-order valence-electron chi connectivity index (χ2n) is 3.60. The summed E-state index contributed by atoms with van der Waals surface area (Å²) in [5.41, 5.74) is 3.08. The molecule has 1 aromatic carbocycles. The Morgan fingerprint density at radius 3 is 3.05 bits per heavy atom. The van der Waals surface area contributed by atoms with Crippen LogP contribution < -0.4 is 15.7 Å². The summed E-state index contributed by atoms with van der Waals surface area (Å²) < 4.78 is 4.98. The number of hydrogen-bond acceptors (Lipinski definition) is 6. The molecule has 0 aliphatic rings. The fraction of sp³-hybridized carbons (Fsp3) is 0.0833. The summed E-state index contributed by atoms with van der Waals surface area (Å²) in [6.45, 7) is 0. The summed E-state index contributed by atoms with van der Waals surface area (Å²) >= 11 is 0. The zero-order valence-electron chi connectivity index (χ0n) is 10.1. The molecule has 98 valence electrons. The lowest BCUT2D eigenvalue weighted by Crippen LogP contribution is -2.06. The van der Waals surface area contributed by atoms with Crippen LogP contribution >= 0.6 is 0 Å². The van der Waals surface area contributed by atoms with Gasteiger partial charge < -0.3 is 14.8 Å². The number of hydrazone groups is 1. The molecule has 19 heavy (non-hydrogen) atoms. The van der Waals surface area contributed by atoms with E-state index < -0.39 is 0 Å². The number of anilines is 1. The van der Waals surface area contributed by atoms with E-state index in [4.69, 9.17) is 4.74 Å². The van der Waals surface area contributed by atoms with E-state index in [1.54, 1.807) is 12.1 Å². The molecule has 0 amide bonds. The molecule has 7 nitrogen and oxygen atoms in total. The Bertz CT molecular complexity index is 651. The van der Waals surface area contributed by atoms with E-state index in [2.05, 4.69) is 20.5 Å². The van der Waals surface area contributed by atoms with Gasteiger partial charge in [0.1, 0.15) is 0 Å². The highest BCUT2D eigenvalue weighted by molar-refractivity contribution is 5.81. The van der Waals surface area contributed by atoms with Crippen molar-refractivity contribution < 1.29 is 9.84 Å². The number of H-pyrrole nitrogens is 1. The third kappa shape index (κ3) is 3.32. The van der Waals surface area contributed by atoms with E-state index >= 15 is 0 Å². The predicted octanol–water partition coefficient (Wildman–Crippen LogP) is 0.930. The Hall–Kier alpha value is -2.83. The van der Waals surface area contributed by atoms with Crippen LogP contribution in [0.5, 0.6) is 11.5 Å². The lowest BCUT2D eigenvalue weighted by molar-refractivity contribution is 0.373. The van der Waals surface area contributed by atoms with Crippen molar-refractivity contribution in [3.05, 3.63) is 46.5 Å². The number of ether oxygens (including phenoxy) is 1. The molecular weight excluding hydrogens is 248 g/mol. The first-order valence-corrected chi connectivity index (χ1v) is 5.40. The summed E-state index contributed by atoms with van der Waals surface area (Å²) in [6, 6.07) is 6.10. The fourth-order valence-corrected chi connectivity index (χ4v) is 1.38. The summed E-state index contributed by atoms with van der Waals surface area (Å²) in [4.78, 5) is 17.3. The molecule has 0 radical (unpaired) electrons. The summed E-state index contributed by atoms with van der Waals surface area (Å²) in [6.07, 6.45) is 2.80. The molecule has 0 fully saturated rings. The molecule has 2 rings (SSSR count). The van der Waals surface area contributed by atoms with Crippen molar-refractivity contribution in [2.24, 2.45) is 5.10 Å². The summed E-state index contributed by atoms with van der Waals surface area (Å²) in [7, 11) is 1.47. The monoisotopic (exact) mass is 260 g/mol. The van der Waals surface area contributed by atoms with Crippen molar-refractivity contribution in [1.29, 1.82) is 0 Å². The highest BCUT2D eigenvalue weighted by Crippen LogP contribution is 2.25. The quantitative estimate of drug-likeness (QED) is 0.561. The van der Waals surface area contributed by atoms with Crippen molar-refractivity contribution in [3.63, 3.8) is 0 Å². The van der Waals surface area contributed by atoms with Crippen molar-refractivity contribution in [2.75, 3.05) is 12.5 Å². The molecule has 0 aliphatic heterocycles. The Labute approximate surface area is 108 Å². The average molecular weight is 260 g/mol. The van der Waals surface area contributed by atoms with Crippen LogP contribution in [0.3, 0.4) is 0 Å². The van der Waals surface area contributed by atoms with Gasteiger partial charge in [-0.15, -0.1) is 0 Å². The van der Waals surface area contributed by atoms with Gasteiger partial charge in [-0.2, -0.15) is 5.10 Å². The molecule has 3 N–H and O–H groups in total. The minimum atomic E-state index is -0.265. The summed E-state index contributed by atoms with van der Waals surface area (Å²) in [5.74, 6) is 0.757. The number of nitrogens with zero attached hydrogens (tertiary/aromatic N) is 2. The first-order chi connectivity index (χ1) is 9.19. The van der Waals surface area contributed by atoms with E-state index in [1.165, 1.54) is 31.8 Å². The molecule has 0 saturated heterocycles. The maximum absolute atomic E-state index is 11.0. The largest absolute Gasteiger partial charge is 0.504 e. The Balaban J connectivity index is 2.09. The molecular formula is C12H12N4O3. The second kappa shape index (κ2) is 5.67. The van der Waals surface area contributed by atoms with Crippen LogP contribution in [0.4, 0.5) is 5.82 Å². The van der Waals surface area contributed by atoms with Gasteiger partial charge in [0, 0.05) is 6.07 Å². The number of phenolic OH excluding ortho intramolecular Hbond substituents is 1. The molecule has 7 heteroatoms. The van der Waals surface area contributed by atoms with E-state index in [0.29, 0.717) is 11.6 Å². The number of aromatic nitrogens is 2. The summed E-state index contributed by atoms with van der Waals surface area (Å²) in [5, 5.41) is 13.4. The molecule has 0 atom stereocenters. The van der Waals surface area contributed by atoms with Crippen molar-refractivity contribution in [1.82, 2.24) is 9.97 Å². The van der Waals surface area contributed by atoms with Crippen LogP contribution in [-0.4, -0.2) is 28.4 Å². The fourth-order valence-electron chi connectivity index (χ4n) is 1.38. The molecule has 0 spiro atoms. The van der Waals surface area contributed by atoms with Gasteiger partial charge in [0.05, 0.1) is 19.7 Å². The van der Waals surface area contributed by atoms with Crippen LogP contribution in [0.1, 0.15) is 5.56 Å². The van der Waals surface area contributed by atoms with Gasteiger partial charge in [0.2, 0.25) is 0 Å². The zero-order chi connectivity index (χ0) is 13.7. The first kappa shape index (κ1) is 12.6. The normalized spacial score (nSPS) is 10.6. The Kier molecular flexibility index (Phi) is 3.77. The smallest absolute Gasteiger partial charge is 0.252 e. The lowest BCUT2D eigenvalue weighted by Gasteiger charge is -2.03. The lowest BCUT2D eigenvalue weighted by atomic mass is 10.2. The number of hydrogen-bond donors (Lipinski definition) is 3. The van der Waals surface area contributed by atoms with Gasteiger partial charge in [0.25, 0.3) is 5.56 Å². The first-order valence-electron chi connectivity index (χ1n) is 5.40. The molecule has 0 bridgehead atoms. The zero-order valence-corrected chi connectivity index (χ0v) is 10.1. The number of phenols is 1. The van der Waals surface area contributed by atoms with E-state index in [-0.39, 0.29) is 11.3 Å². The third-order valence-corrected chi connectivity index (χ3v) is 2.27. The Morgan fingerprint density at radius 1 is 1.47 bits per heavy atom. The number of nitrogens with one attached hydrogen (secondary N) is 2. The van der Waals surface area contributed by atoms with E-state index in [1.807, 2.05) is 0 Å². The van der Waals surface area contributed by atoms with Gasteiger partial charge in [0.15, 0.2) is 17.3 Å². The second-order valence-corrected chi connectivity index (χ2v) is 3.60. The highest BCUT2D eigenvalue weighted by atomic mass is 16.5. The Morgan fingerprint density at radius 2 is 2.32 bits per heavy atom. The van der Waals surface area contributed by atoms with Crippen molar-refractivity contribution in [2.45, 2.75) is 0 Å². The number of methoxy groups -OCH3 is 1. The van der Waals surface area contributed by atoms with Crippen LogP contribution in [0.15, 0.2) is 40.5 Å². The van der Waals surface area contributed by atoms with E-state index in [0.717, 1.165) is 5.56 Å². The maximum Gasteiger partial charge on any atom is 0.252 e.